The van der Waals surface area contributed by atoms with E-state index in [2.05, 4.69) is 15.5 Å². The molecule has 0 unspecified atom stereocenters. The predicted octanol–water partition coefficient (Wildman–Crippen LogP) is 1.55. The van der Waals surface area contributed by atoms with Gasteiger partial charge in [0.1, 0.15) is 11.9 Å². The first-order chi connectivity index (χ1) is 7.38. The van der Waals surface area contributed by atoms with Gasteiger partial charge in [-0.25, -0.2) is 4.98 Å². The summed E-state index contributed by atoms with van der Waals surface area (Å²) in [5.74, 6) is 1.44. The summed E-state index contributed by atoms with van der Waals surface area (Å²) in [5.41, 5.74) is 0.542. The number of nitriles is 1. The zero-order chi connectivity index (χ0) is 10.5. The number of anilines is 1. The van der Waals surface area contributed by atoms with Crippen molar-refractivity contribution in [3.63, 3.8) is 0 Å². The van der Waals surface area contributed by atoms with Crippen molar-refractivity contribution in [1.82, 2.24) is 10.1 Å². The van der Waals surface area contributed by atoms with Crippen molar-refractivity contribution in [2.24, 2.45) is 0 Å². The van der Waals surface area contributed by atoms with Crippen molar-refractivity contribution >= 4 is 5.82 Å². The van der Waals surface area contributed by atoms with E-state index in [-0.39, 0.29) is 0 Å². The van der Waals surface area contributed by atoms with Crippen LogP contribution in [0.1, 0.15) is 11.3 Å². The van der Waals surface area contributed by atoms with Crippen LogP contribution in [0.3, 0.4) is 0 Å². The Balaban J connectivity index is 1.97. The third-order valence-electron chi connectivity index (χ3n) is 1.83. The molecule has 1 N–H and O–H groups in total. The van der Waals surface area contributed by atoms with Gasteiger partial charge in [0.15, 0.2) is 5.76 Å². The van der Waals surface area contributed by atoms with E-state index in [9.17, 15) is 0 Å². The minimum atomic E-state index is 0.527. The lowest BCUT2D eigenvalue weighted by molar-refractivity contribution is 0.388. The summed E-state index contributed by atoms with van der Waals surface area (Å²) in [6, 6.07) is 7.23. The zero-order valence-electron chi connectivity index (χ0n) is 7.84. The Kier molecular flexibility index (Phi) is 2.61. The molecule has 0 bridgehead atoms. The molecule has 0 radical (unpaired) electrons. The predicted molar refractivity (Wildman–Crippen MR) is 52.8 cm³/mol. The second-order valence-electron chi connectivity index (χ2n) is 2.88. The van der Waals surface area contributed by atoms with E-state index < -0.39 is 0 Å². The molecule has 5 nitrogen and oxygen atoms in total. The molecule has 0 atom stereocenters. The molecule has 0 fully saturated rings. The van der Waals surface area contributed by atoms with Gasteiger partial charge in [-0.2, -0.15) is 5.26 Å². The van der Waals surface area contributed by atoms with E-state index >= 15 is 0 Å². The fourth-order valence-corrected chi connectivity index (χ4v) is 1.08. The molecule has 2 heterocycles. The Labute approximate surface area is 86.3 Å². The van der Waals surface area contributed by atoms with Gasteiger partial charge in [0.2, 0.25) is 0 Å². The Morgan fingerprint density at radius 1 is 1.40 bits per heavy atom. The number of hydrogen-bond acceptors (Lipinski definition) is 5. The molecule has 0 amide bonds. The molecule has 0 saturated heterocycles. The molecule has 0 spiro atoms. The first-order valence-corrected chi connectivity index (χ1v) is 4.38. The highest BCUT2D eigenvalue weighted by Gasteiger charge is 1.98. The van der Waals surface area contributed by atoms with Gasteiger partial charge < -0.3 is 9.84 Å². The SMILES string of the molecule is N#Cc1ccc(NCc2ccno2)nc1. The highest BCUT2D eigenvalue weighted by molar-refractivity contribution is 5.38. The Morgan fingerprint density at radius 2 is 2.33 bits per heavy atom. The summed E-state index contributed by atoms with van der Waals surface area (Å²) >= 11 is 0. The Bertz CT molecular complexity index is 455. The van der Waals surface area contributed by atoms with Crippen molar-refractivity contribution in [2.45, 2.75) is 6.54 Å². The fourth-order valence-electron chi connectivity index (χ4n) is 1.08. The maximum Gasteiger partial charge on any atom is 0.155 e. The highest BCUT2D eigenvalue weighted by atomic mass is 16.5. The topological polar surface area (TPSA) is 74.7 Å². The van der Waals surface area contributed by atoms with Crippen molar-refractivity contribution in [3.8, 4) is 6.07 Å². The van der Waals surface area contributed by atoms with Crippen LogP contribution < -0.4 is 5.32 Å². The molecule has 15 heavy (non-hydrogen) atoms. The van der Waals surface area contributed by atoms with E-state index in [1.165, 1.54) is 6.20 Å². The van der Waals surface area contributed by atoms with Crippen LogP contribution in [-0.4, -0.2) is 10.1 Å². The molecular weight excluding hydrogens is 192 g/mol. The van der Waals surface area contributed by atoms with Crippen molar-refractivity contribution in [1.29, 1.82) is 5.26 Å². The quantitative estimate of drug-likeness (QED) is 0.813. The summed E-state index contributed by atoms with van der Waals surface area (Å²) in [4.78, 5) is 4.05. The summed E-state index contributed by atoms with van der Waals surface area (Å²) in [6.07, 6.45) is 3.10. The van der Waals surface area contributed by atoms with Crippen molar-refractivity contribution in [3.05, 3.63) is 41.9 Å². The van der Waals surface area contributed by atoms with Gasteiger partial charge in [-0.3, -0.25) is 0 Å². The van der Waals surface area contributed by atoms with Gasteiger partial charge in [0.25, 0.3) is 0 Å². The number of pyridine rings is 1. The van der Waals surface area contributed by atoms with Crippen LogP contribution in [0, 0.1) is 11.3 Å². The molecule has 5 heteroatoms. The van der Waals surface area contributed by atoms with Crippen molar-refractivity contribution in [2.75, 3.05) is 5.32 Å². The van der Waals surface area contributed by atoms with Crippen LogP contribution in [0.4, 0.5) is 5.82 Å². The van der Waals surface area contributed by atoms with Crippen LogP contribution in [0.5, 0.6) is 0 Å². The summed E-state index contributed by atoms with van der Waals surface area (Å²) in [6.45, 7) is 0.527. The monoisotopic (exact) mass is 200 g/mol. The number of hydrogen-bond donors (Lipinski definition) is 1. The fraction of sp³-hybridized carbons (Fsp3) is 0.100. The van der Waals surface area contributed by atoms with Gasteiger partial charge in [-0.15, -0.1) is 0 Å². The van der Waals surface area contributed by atoms with Crippen LogP contribution in [-0.2, 0) is 6.54 Å². The largest absolute Gasteiger partial charge is 0.363 e. The van der Waals surface area contributed by atoms with Crippen LogP contribution in [0.25, 0.3) is 0 Å². The third-order valence-corrected chi connectivity index (χ3v) is 1.83. The molecule has 0 aliphatic rings. The second-order valence-corrected chi connectivity index (χ2v) is 2.88. The lowest BCUT2D eigenvalue weighted by Gasteiger charge is -2.01. The molecular formula is C10H8N4O. The second kappa shape index (κ2) is 4.24. The molecule has 0 saturated carbocycles. The van der Waals surface area contributed by atoms with E-state index in [1.54, 1.807) is 24.4 Å². The van der Waals surface area contributed by atoms with E-state index in [0.717, 1.165) is 5.76 Å². The van der Waals surface area contributed by atoms with E-state index in [4.69, 9.17) is 9.78 Å². The minimum absolute atomic E-state index is 0.527. The van der Waals surface area contributed by atoms with Crippen LogP contribution in [0.15, 0.2) is 35.1 Å². The maximum absolute atomic E-state index is 8.57. The maximum atomic E-state index is 8.57. The molecule has 74 valence electrons. The van der Waals surface area contributed by atoms with Gasteiger partial charge in [0, 0.05) is 12.3 Å². The molecule has 0 aliphatic heterocycles. The lowest BCUT2D eigenvalue weighted by atomic mass is 10.3. The number of rotatable bonds is 3. The average molecular weight is 200 g/mol. The number of nitrogens with one attached hydrogen (secondary N) is 1. The minimum Gasteiger partial charge on any atom is -0.363 e. The molecule has 0 aromatic carbocycles. The van der Waals surface area contributed by atoms with Crippen LogP contribution >= 0.6 is 0 Å². The number of nitrogens with zero attached hydrogens (tertiary/aromatic N) is 3. The van der Waals surface area contributed by atoms with Crippen LogP contribution in [0.2, 0.25) is 0 Å². The Morgan fingerprint density at radius 3 is 2.93 bits per heavy atom. The molecule has 0 aliphatic carbocycles. The van der Waals surface area contributed by atoms with Gasteiger partial charge in [0.05, 0.1) is 18.3 Å². The average Bonchev–Trinajstić information content (AvgIpc) is 2.80. The van der Waals surface area contributed by atoms with E-state index in [0.29, 0.717) is 17.9 Å². The summed E-state index contributed by atoms with van der Waals surface area (Å²) < 4.78 is 4.91. The first kappa shape index (κ1) is 9.21. The molecule has 2 aromatic heterocycles. The van der Waals surface area contributed by atoms with Gasteiger partial charge >= 0.3 is 0 Å². The first-order valence-electron chi connectivity index (χ1n) is 4.38. The van der Waals surface area contributed by atoms with E-state index in [1.807, 2.05) is 6.07 Å². The lowest BCUT2D eigenvalue weighted by Crippen LogP contribution is -1.99. The van der Waals surface area contributed by atoms with Gasteiger partial charge in [-0.1, -0.05) is 5.16 Å². The standard InChI is InChI=1S/C10H8N4O/c11-5-8-1-2-10(12-6-8)13-7-9-3-4-14-15-9/h1-4,6H,7H2,(H,12,13). The smallest absolute Gasteiger partial charge is 0.155 e. The highest BCUT2D eigenvalue weighted by Crippen LogP contribution is 2.06. The molecule has 2 rings (SSSR count). The van der Waals surface area contributed by atoms with Gasteiger partial charge in [-0.05, 0) is 12.1 Å². The zero-order valence-corrected chi connectivity index (χ0v) is 7.84. The Hall–Kier alpha value is -2.35. The summed E-state index contributed by atoms with van der Waals surface area (Å²) in [5, 5.41) is 15.2. The molecule has 2 aromatic rings. The normalized spacial score (nSPS) is 9.53. The number of aromatic nitrogens is 2. The third kappa shape index (κ3) is 2.31. The summed E-state index contributed by atoms with van der Waals surface area (Å²) in [7, 11) is 0. The van der Waals surface area contributed by atoms with Crippen molar-refractivity contribution < 1.29 is 4.52 Å².